The first kappa shape index (κ1) is 32.7. The molecule has 15 nitrogen and oxygen atoms in total. The normalized spacial score (nSPS) is 11.8. The second-order valence-electron chi connectivity index (χ2n) is 10.2. The molecular weight excluding hydrogens is 649 g/mol. The van der Waals surface area contributed by atoms with Gasteiger partial charge in [0.1, 0.15) is 23.0 Å². The lowest BCUT2D eigenvalue weighted by Gasteiger charge is -2.20. The molecule has 5 aromatic rings. The van der Waals surface area contributed by atoms with Gasteiger partial charge in [-0.3, -0.25) is 24.4 Å². The average molecular weight is 677 g/mol. The predicted octanol–water partition coefficient (Wildman–Crippen LogP) is 4.50. The molecule has 0 aliphatic heterocycles. The first-order chi connectivity index (χ1) is 22.5. The summed E-state index contributed by atoms with van der Waals surface area (Å²) in [5.74, 6) is -0.389. The van der Waals surface area contributed by atoms with Gasteiger partial charge in [-0.05, 0) is 53.8 Å². The van der Waals surface area contributed by atoms with Crippen molar-refractivity contribution in [3.05, 3.63) is 94.5 Å². The Morgan fingerprint density at radius 3 is 2.49 bits per heavy atom. The smallest absolute Gasteiger partial charge is 0.411 e. The van der Waals surface area contributed by atoms with Crippen molar-refractivity contribution in [2.24, 2.45) is 0 Å². The second kappa shape index (κ2) is 14.2. The summed E-state index contributed by atoms with van der Waals surface area (Å²) in [6.07, 6.45) is 5.93. The number of benzene rings is 2. The number of hydrogen-bond acceptors (Lipinski definition) is 9. The van der Waals surface area contributed by atoms with Crippen molar-refractivity contribution in [1.29, 1.82) is 0 Å². The minimum absolute atomic E-state index is 0.157. The maximum atomic E-state index is 13.4. The van der Waals surface area contributed by atoms with Crippen LogP contribution in [-0.2, 0) is 9.59 Å². The maximum absolute atomic E-state index is 13.4. The molecule has 1 atom stereocenters. The zero-order valence-electron chi connectivity index (χ0n) is 25.2. The van der Waals surface area contributed by atoms with Crippen molar-refractivity contribution in [3.8, 4) is 16.9 Å². The summed E-state index contributed by atoms with van der Waals surface area (Å²) in [5, 5.41) is 23.9. The Kier molecular flexibility index (Phi) is 9.87. The number of carboxylic acid groups (broad SMARTS) is 1. The van der Waals surface area contributed by atoms with E-state index < -0.39 is 18.0 Å². The Balaban J connectivity index is 1.43. The average Bonchev–Trinajstić information content (AvgIpc) is 3.73. The molecule has 0 aliphatic rings. The summed E-state index contributed by atoms with van der Waals surface area (Å²) in [6, 6.07) is 10.6. The van der Waals surface area contributed by atoms with Crippen molar-refractivity contribution >= 4 is 58.7 Å². The molecular formula is C30H27Cl2N11O4. The van der Waals surface area contributed by atoms with E-state index in [1.807, 2.05) is 0 Å². The number of amides is 3. The van der Waals surface area contributed by atoms with Crippen molar-refractivity contribution in [2.45, 2.75) is 19.4 Å². The fourth-order valence-electron chi connectivity index (χ4n) is 4.42. The van der Waals surface area contributed by atoms with Gasteiger partial charge in [-0.2, -0.15) is 4.68 Å². The first-order valence-corrected chi connectivity index (χ1v) is 14.6. The fourth-order valence-corrected chi connectivity index (χ4v) is 4.85. The molecule has 0 fully saturated rings. The van der Waals surface area contributed by atoms with Crippen LogP contribution in [0.4, 0.5) is 16.3 Å². The third-order valence-corrected chi connectivity index (χ3v) is 7.51. The predicted molar refractivity (Wildman–Crippen MR) is 174 cm³/mol. The topological polar surface area (TPSA) is 188 Å². The third-order valence-electron chi connectivity index (χ3n) is 7.00. The van der Waals surface area contributed by atoms with Crippen LogP contribution >= 0.6 is 23.2 Å². The molecule has 0 aliphatic carbocycles. The molecule has 0 radical (unpaired) electrons. The van der Waals surface area contributed by atoms with E-state index in [-0.39, 0.29) is 23.3 Å². The standard InChI is InChI=1S/C30H27Cl2N11O4/c1-17-14-34-24(15-33-17)42(3)26(45)13-22(29-37-27(28(32)38-29)18-4-8-21(9-5-18)41(2)30(46)47)36-25(44)11-6-19-12-20(31)7-10-23(19)43-16-35-39-40-43/h4-12,14-16,22H,13H2,1-3H3,(H,36,44)(H,37,38)(H,46,47)/t22-/m0/s1. The quantitative estimate of drug-likeness (QED) is 0.178. The number of nitrogens with zero attached hydrogens (tertiary/aromatic N) is 9. The summed E-state index contributed by atoms with van der Waals surface area (Å²) in [6.45, 7) is 1.78. The summed E-state index contributed by atoms with van der Waals surface area (Å²) in [7, 11) is 2.98. The largest absolute Gasteiger partial charge is 0.465 e. The molecule has 0 saturated heterocycles. The number of aryl methyl sites for hydroxylation is 1. The molecule has 3 heterocycles. The van der Waals surface area contributed by atoms with E-state index in [2.05, 4.69) is 40.8 Å². The van der Waals surface area contributed by atoms with Crippen LogP contribution < -0.4 is 15.1 Å². The number of rotatable bonds is 10. The number of carbonyl (C=O) groups excluding carboxylic acids is 2. The molecule has 0 unspecified atom stereocenters. The van der Waals surface area contributed by atoms with E-state index in [0.29, 0.717) is 44.7 Å². The molecule has 0 bridgehead atoms. The van der Waals surface area contributed by atoms with E-state index in [1.165, 1.54) is 35.2 Å². The Hall–Kier alpha value is -5.67. The Morgan fingerprint density at radius 1 is 1.06 bits per heavy atom. The van der Waals surface area contributed by atoms with E-state index in [0.717, 1.165) is 4.90 Å². The highest BCUT2D eigenvalue weighted by molar-refractivity contribution is 6.32. The Morgan fingerprint density at radius 2 is 1.83 bits per heavy atom. The third kappa shape index (κ3) is 7.77. The number of anilines is 2. The molecule has 0 saturated carbocycles. The molecule has 3 aromatic heterocycles. The highest BCUT2D eigenvalue weighted by atomic mass is 35.5. The van der Waals surface area contributed by atoms with Crippen LogP contribution in [0.2, 0.25) is 10.2 Å². The lowest BCUT2D eigenvalue weighted by molar-refractivity contribution is -0.120. The second-order valence-corrected chi connectivity index (χ2v) is 11.0. The number of nitrogens with one attached hydrogen (secondary N) is 2. The van der Waals surface area contributed by atoms with Gasteiger partial charge in [0.15, 0.2) is 5.82 Å². The number of imidazole rings is 1. The lowest BCUT2D eigenvalue weighted by Crippen LogP contribution is -2.35. The van der Waals surface area contributed by atoms with Gasteiger partial charge in [-0.1, -0.05) is 35.3 Å². The highest BCUT2D eigenvalue weighted by Crippen LogP contribution is 2.30. The van der Waals surface area contributed by atoms with Gasteiger partial charge in [-0.15, -0.1) is 5.10 Å². The number of aromatic amines is 1. The van der Waals surface area contributed by atoms with Crippen LogP contribution in [0, 0.1) is 6.92 Å². The highest BCUT2D eigenvalue weighted by Gasteiger charge is 2.26. The number of tetrazole rings is 1. The van der Waals surface area contributed by atoms with Gasteiger partial charge >= 0.3 is 6.09 Å². The van der Waals surface area contributed by atoms with Gasteiger partial charge in [0, 0.05) is 42.0 Å². The van der Waals surface area contributed by atoms with E-state index in [4.69, 9.17) is 23.2 Å². The van der Waals surface area contributed by atoms with Crippen LogP contribution in [0.25, 0.3) is 23.0 Å². The van der Waals surface area contributed by atoms with Crippen molar-refractivity contribution in [3.63, 3.8) is 0 Å². The monoisotopic (exact) mass is 675 g/mol. The van der Waals surface area contributed by atoms with E-state index in [9.17, 15) is 19.5 Å². The zero-order valence-corrected chi connectivity index (χ0v) is 26.7. The molecule has 5 rings (SSSR count). The van der Waals surface area contributed by atoms with Crippen molar-refractivity contribution < 1.29 is 19.5 Å². The Bertz CT molecular complexity index is 1930. The van der Waals surface area contributed by atoms with Crippen LogP contribution in [0.3, 0.4) is 0 Å². The fraction of sp³-hybridized carbons (Fsp3) is 0.167. The van der Waals surface area contributed by atoms with Gasteiger partial charge in [0.25, 0.3) is 0 Å². The summed E-state index contributed by atoms with van der Waals surface area (Å²) in [4.78, 5) is 56.5. The van der Waals surface area contributed by atoms with Crippen molar-refractivity contribution in [2.75, 3.05) is 23.9 Å². The lowest BCUT2D eigenvalue weighted by atomic mass is 10.1. The zero-order chi connectivity index (χ0) is 33.7. The van der Waals surface area contributed by atoms with Crippen LogP contribution in [-0.4, -0.2) is 77.3 Å². The summed E-state index contributed by atoms with van der Waals surface area (Å²) < 4.78 is 1.43. The number of halogens is 2. The van der Waals surface area contributed by atoms with Crippen LogP contribution in [0.15, 0.2) is 67.3 Å². The van der Waals surface area contributed by atoms with Gasteiger partial charge in [0.2, 0.25) is 11.8 Å². The molecule has 3 amide bonds. The van der Waals surface area contributed by atoms with Crippen LogP contribution in [0.5, 0.6) is 0 Å². The van der Waals surface area contributed by atoms with Crippen LogP contribution in [0.1, 0.15) is 29.5 Å². The number of H-pyrrole nitrogens is 1. The number of carbonyl (C=O) groups is 3. The summed E-state index contributed by atoms with van der Waals surface area (Å²) in [5.41, 5.74) is 3.20. The minimum Gasteiger partial charge on any atom is -0.465 e. The maximum Gasteiger partial charge on any atom is 0.411 e. The Labute approximate surface area is 277 Å². The molecule has 3 N–H and O–H groups in total. The van der Waals surface area contributed by atoms with E-state index in [1.54, 1.807) is 68.7 Å². The number of aromatic nitrogens is 8. The first-order valence-electron chi connectivity index (χ1n) is 13.9. The molecule has 0 spiro atoms. The minimum atomic E-state index is -1.11. The molecule has 2 aromatic carbocycles. The molecule has 47 heavy (non-hydrogen) atoms. The SMILES string of the molecule is Cc1cnc(N(C)C(=O)C[C@H](NC(=O)C=Cc2cc(Cl)ccc2-n2cnnn2)c2nc(-c3ccc(N(C)C(=O)O)cc3)c(Cl)[nH]2)cn1. The summed E-state index contributed by atoms with van der Waals surface area (Å²) >= 11 is 12.8. The van der Waals surface area contributed by atoms with E-state index >= 15 is 0 Å². The molecule has 240 valence electrons. The van der Waals surface area contributed by atoms with Gasteiger partial charge < -0.3 is 15.4 Å². The molecule has 17 heteroatoms. The van der Waals surface area contributed by atoms with Crippen molar-refractivity contribution in [1.82, 2.24) is 45.5 Å². The van der Waals surface area contributed by atoms with Gasteiger partial charge in [0.05, 0.1) is 36.2 Å². The van der Waals surface area contributed by atoms with Gasteiger partial charge in [-0.25, -0.2) is 14.8 Å². The number of hydrogen-bond donors (Lipinski definition) is 3.